The Kier molecular flexibility index (Phi) is 3.82. The Hall–Kier alpha value is -1.75. The van der Waals surface area contributed by atoms with E-state index in [1.165, 1.54) is 4.88 Å². The first kappa shape index (κ1) is 11.7. The highest BCUT2D eigenvalue weighted by Gasteiger charge is 2.02. The summed E-state index contributed by atoms with van der Waals surface area (Å²) >= 11 is 1.64. The van der Waals surface area contributed by atoms with Crippen molar-refractivity contribution >= 4 is 17.6 Å². The van der Waals surface area contributed by atoms with Gasteiger partial charge < -0.3 is 4.74 Å². The summed E-state index contributed by atoms with van der Waals surface area (Å²) < 4.78 is 5.53. The first-order valence-electron chi connectivity index (χ1n) is 5.22. The molecule has 0 saturated carbocycles. The van der Waals surface area contributed by atoms with E-state index in [0.29, 0.717) is 24.3 Å². The molecule has 0 aliphatic rings. The lowest BCUT2D eigenvalue weighted by molar-refractivity contribution is 0.111. The van der Waals surface area contributed by atoms with E-state index in [0.717, 1.165) is 12.1 Å². The van der Waals surface area contributed by atoms with Gasteiger partial charge in [-0.2, -0.15) is 0 Å². The van der Waals surface area contributed by atoms with Crippen molar-refractivity contribution in [3.05, 3.63) is 40.1 Å². The van der Waals surface area contributed by atoms with Crippen LogP contribution in [0.1, 0.15) is 21.1 Å². The quantitative estimate of drug-likeness (QED) is 0.762. The number of thiazole rings is 1. The van der Waals surface area contributed by atoms with Gasteiger partial charge in [-0.25, -0.2) is 9.97 Å². The van der Waals surface area contributed by atoms with Crippen molar-refractivity contribution in [2.24, 2.45) is 0 Å². The number of carbonyl (C=O) groups excluding carboxylic acids is 1. The van der Waals surface area contributed by atoms with Crippen LogP contribution in [-0.2, 0) is 6.42 Å². The molecule has 2 rings (SSSR count). The van der Waals surface area contributed by atoms with E-state index in [9.17, 15) is 4.79 Å². The van der Waals surface area contributed by atoms with E-state index in [-0.39, 0.29) is 0 Å². The fraction of sp³-hybridized carbons (Fsp3) is 0.250. The van der Waals surface area contributed by atoms with Crippen LogP contribution >= 0.6 is 11.3 Å². The van der Waals surface area contributed by atoms with Gasteiger partial charge in [-0.15, -0.1) is 11.3 Å². The normalized spacial score (nSPS) is 10.2. The smallest absolute Gasteiger partial charge is 0.168 e. The largest absolute Gasteiger partial charge is 0.492 e. The van der Waals surface area contributed by atoms with E-state index >= 15 is 0 Å². The van der Waals surface area contributed by atoms with Crippen LogP contribution in [0.3, 0.4) is 0 Å². The Bertz CT molecular complexity index is 493. The number of aldehydes is 1. The third kappa shape index (κ3) is 3.10. The van der Waals surface area contributed by atoms with Crippen LogP contribution in [0.15, 0.2) is 23.8 Å². The molecule has 0 amide bonds. The van der Waals surface area contributed by atoms with Crippen molar-refractivity contribution in [3.8, 4) is 5.75 Å². The molecule has 0 aliphatic carbocycles. The molecule has 88 valence electrons. The first-order chi connectivity index (χ1) is 8.29. The molecule has 0 atom stereocenters. The highest BCUT2D eigenvalue weighted by atomic mass is 32.1. The Morgan fingerprint density at radius 3 is 2.88 bits per heavy atom. The van der Waals surface area contributed by atoms with Crippen LogP contribution in [0.4, 0.5) is 0 Å². The Morgan fingerprint density at radius 1 is 1.41 bits per heavy atom. The van der Waals surface area contributed by atoms with Gasteiger partial charge in [0.1, 0.15) is 11.4 Å². The van der Waals surface area contributed by atoms with Crippen molar-refractivity contribution in [3.63, 3.8) is 0 Å². The molecule has 4 nitrogen and oxygen atoms in total. The highest BCUT2D eigenvalue weighted by molar-refractivity contribution is 7.09. The molecule has 0 aromatic carbocycles. The molecule has 5 heteroatoms. The van der Waals surface area contributed by atoms with Crippen molar-refractivity contribution < 1.29 is 9.53 Å². The topological polar surface area (TPSA) is 52.1 Å². The molecular weight excluding hydrogens is 236 g/mol. The van der Waals surface area contributed by atoms with Gasteiger partial charge in [0.2, 0.25) is 0 Å². The molecule has 0 bridgehead atoms. The van der Waals surface area contributed by atoms with E-state index in [1.807, 2.05) is 12.4 Å². The van der Waals surface area contributed by atoms with E-state index in [2.05, 4.69) is 9.97 Å². The molecule has 0 N–H and O–H groups in total. The molecule has 2 aromatic heterocycles. The molecule has 2 heterocycles. The zero-order valence-corrected chi connectivity index (χ0v) is 10.2. The van der Waals surface area contributed by atoms with Crippen molar-refractivity contribution in [2.75, 3.05) is 6.61 Å². The summed E-state index contributed by atoms with van der Waals surface area (Å²) in [5, 5.41) is 0. The lowest BCUT2D eigenvalue weighted by atomic mass is 10.3. The Balaban J connectivity index is 1.85. The van der Waals surface area contributed by atoms with E-state index in [1.54, 1.807) is 29.7 Å². The van der Waals surface area contributed by atoms with Crippen LogP contribution in [0.2, 0.25) is 0 Å². The molecule has 0 radical (unpaired) electrons. The number of pyridine rings is 1. The second kappa shape index (κ2) is 5.54. The van der Waals surface area contributed by atoms with Crippen LogP contribution in [0.5, 0.6) is 5.75 Å². The maximum Gasteiger partial charge on any atom is 0.168 e. The first-order valence-corrected chi connectivity index (χ1v) is 6.10. The van der Waals surface area contributed by atoms with Gasteiger partial charge in [0.25, 0.3) is 0 Å². The van der Waals surface area contributed by atoms with Crippen molar-refractivity contribution in [1.29, 1.82) is 0 Å². The lowest BCUT2D eigenvalue weighted by Gasteiger charge is -2.04. The van der Waals surface area contributed by atoms with Crippen LogP contribution in [-0.4, -0.2) is 22.9 Å². The van der Waals surface area contributed by atoms with Gasteiger partial charge in [-0.3, -0.25) is 4.79 Å². The summed E-state index contributed by atoms with van der Waals surface area (Å²) in [5.41, 5.74) is 3.31. The molecule has 0 aliphatic heterocycles. The predicted molar refractivity (Wildman–Crippen MR) is 65.7 cm³/mol. The second-order valence-electron chi connectivity index (χ2n) is 3.50. The SMILES string of the molecule is Cc1ncsc1CCOc1ccc(C=O)nc1. The predicted octanol–water partition coefficient (Wildman–Crippen LogP) is 2.28. The number of aryl methyl sites for hydroxylation is 1. The summed E-state index contributed by atoms with van der Waals surface area (Å²) in [6.45, 7) is 2.58. The average Bonchev–Trinajstić information content (AvgIpc) is 2.76. The minimum Gasteiger partial charge on any atom is -0.492 e. The minimum absolute atomic E-state index is 0.413. The molecular formula is C12H12N2O2S. The number of hydrogen-bond donors (Lipinski definition) is 0. The summed E-state index contributed by atoms with van der Waals surface area (Å²) in [7, 11) is 0. The molecule has 17 heavy (non-hydrogen) atoms. The molecule has 0 fully saturated rings. The van der Waals surface area contributed by atoms with Crippen molar-refractivity contribution in [2.45, 2.75) is 13.3 Å². The van der Waals surface area contributed by atoms with Gasteiger partial charge in [0.05, 0.1) is 24.0 Å². The van der Waals surface area contributed by atoms with Gasteiger partial charge in [0, 0.05) is 11.3 Å². The molecule has 0 saturated heterocycles. The lowest BCUT2D eigenvalue weighted by Crippen LogP contribution is -2.01. The van der Waals surface area contributed by atoms with Crippen LogP contribution < -0.4 is 4.74 Å². The maximum absolute atomic E-state index is 10.4. The van der Waals surface area contributed by atoms with Crippen molar-refractivity contribution in [1.82, 2.24) is 9.97 Å². The number of rotatable bonds is 5. The monoisotopic (exact) mass is 248 g/mol. The maximum atomic E-state index is 10.4. The summed E-state index contributed by atoms with van der Waals surface area (Å²) in [5.74, 6) is 0.678. The summed E-state index contributed by atoms with van der Waals surface area (Å²) in [6, 6.07) is 3.39. The zero-order valence-electron chi connectivity index (χ0n) is 9.42. The average molecular weight is 248 g/mol. The third-order valence-corrected chi connectivity index (χ3v) is 3.32. The summed E-state index contributed by atoms with van der Waals surface area (Å²) in [4.78, 5) is 19.8. The number of nitrogens with zero attached hydrogens (tertiary/aromatic N) is 2. The standard InChI is InChI=1S/C12H12N2O2S/c1-9-12(17-8-14-9)4-5-16-11-3-2-10(7-15)13-6-11/h2-3,6-8H,4-5H2,1H3. The fourth-order valence-corrected chi connectivity index (χ4v) is 2.14. The minimum atomic E-state index is 0.413. The van der Waals surface area contributed by atoms with E-state index < -0.39 is 0 Å². The van der Waals surface area contributed by atoms with Gasteiger partial charge in [-0.05, 0) is 19.1 Å². The van der Waals surface area contributed by atoms with Gasteiger partial charge >= 0.3 is 0 Å². The number of aromatic nitrogens is 2. The molecule has 0 unspecified atom stereocenters. The van der Waals surface area contributed by atoms with Crippen LogP contribution in [0.25, 0.3) is 0 Å². The number of carbonyl (C=O) groups is 1. The summed E-state index contributed by atoms with van der Waals surface area (Å²) in [6.07, 6.45) is 3.11. The molecule has 2 aromatic rings. The van der Waals surface area contributed by atoms with Gasteiger partial charge in [-0.1, -0.05) is 0 Å². The third-order valence-electron chi connectivity index (χ3n) is 2.32. The number of hydrogen-bond acceptors (Lipinski definition) is 5. The van der Waals surface area contributed by atoms with Crippen LogP contribution in [0, 0.1) is 6.92 Å². The fourth-order valence-electron chi connectivity index (χ4n) is 1.37. The second-order valence-corrected chi connectivity index (χ2v) is 4.44. The van der Waals surface area contributed by atoms with E-state index in [4.69, 9.17) is 4.74 Å². The molecule has 0 spiro atoms. The highest BCUT2D eigenvalue weighted by Crippen LogP contribution is 2.14. The Morgan fingerprint density at radius 2 is 2.29 bits per heavy atom. The number of ether oxygens (including phenoxy) is 1. The van der Waals surface area contributed by atoms with Gasteiger partial charge in [0.15, 0.2) is 6.29 Å². The zero-order chi connectivity index (χ0) is 12.1. The Labute approximate surface area is 103 Å².